The topological polar surface area (TPSA) is 49.4 Å². The number of hydrogen-bond donors (Lipinski definition) is 1. The third kappa shape index (κ3) is 4.63. The molecular weight excluding hydrogens is 637 g/mol. The number of nitrogens with zero attached hydrogens (tertiary/aromatic N) is 1. The molecule has 1 spiro atoms. The molecule has 2 unspecified atom stereocenters. The van der Waals surface area contributed by atoms with Crippen molar-refractivity contribution in [3.05, 3.63) is 184 Å². The minimum atomic E-state index is -0.603. The van der Waals surface area contributed by atoms with Crippen molar-refractivity contribution in [2.45, 2.75) is 56.8 Å². The van der Waals surface area contributed by atoms with E-state index in [4.69, 9.17) is 15.2 Å². The maximum atomic E-state index is 6.95. The Hall–Kier alpha value is -5.58. The van der Waals surface area contributed by atoms with Gasteiger partial charge in [-0.2, -0.15) is 0 Å². The summed E-state index contributed by atoms with van der Waals surface area (Å²) in [5, 5.41) is 0. The van der Waals surface area contributed by atoms with Crippen LogP contribution < -0.4 is 15.2 Å². The van der Waals surface area contributed by atoms with Gasteiger partial charge in [-0.1, -0.05) is 103 Å². The maximum absolute atomic E-state index is 6.95. The van der Waals surface area contributed by atoms with Gasteiger partial charge in [0, 0.05) is 64.2 Å². The summed E-state index contributed by atoms with van der Waals surface area (Å²) in [4.78, 5) is 0. The number of rotatable bonds is 5. The van der Waals surface area contributed by atoms with E-state index in [0.29, 0.717) is 12.5 Å². The quantitative estimate of drug-likeness (QED) is 0.201. The summed E-state index contributed by atoms with van der Waals surface area (Å²) in [5.74, 6) is 4.10. The highest BCUT2D eigenvalue weighted by Crippen LogP contribution is 2.61. The zero-order chi connectivity index (χ0) is 34.8. The Morgan fingerprint density at radius 2 is 1.56 bits per heavy atom. The highest BCUT2D eigenvalue weighted by molar-refractivity contribution is 5.78. The molecule has 256 valence electrons. The highest BCUT2D eigenvalue weighted by atomic mass is 16.5. The van der Waals surface area contributed by atoms with Crippen molar-refractivity contribution < 1.29 is 9.47 Å². The molecule has 4 aromatic carbocycles. The molecule has 5 aromatic rings. The van der Waals surface area contributed by atoms with Gasteiger partial charge in [-0.15, -0.1) is 0 Å². The van der Waals surface area contributed by atoms with Crippen LogP contribution in [0.1, 0.15) is 76.4 Å². The molecule has 0 bridgehead atoms. The van der Waals surface area contributed by atoms with Gasteiger partial charge in [0.25, 0.3) is 0 Å². The number of ether oxygens (including phenoxy) is 2. The number of benzene rings is 4. The van der Waals surface area contributed by atoms with E-state index in [2.05, 4.69) is 145 Å². The van der Waals surface area contributed by atoms with Crippen molar-refractivity contribution >= 4 is 6.08 Å². The monoisotopic (exact) mass is 678 g/mol. The molecule has 2 atom stereocenters. The third-order valence-corrected chi connectivity index (χ3v) is 11.8. The molecule has 0 saturated heterocycles. The van der Waals surface area contributed by atoms with Gasteiger partial charge in [0.05, 0.1) is 5.41 Å². The van der Waals surface area contributed by atoms with Crippen molar-refractivity contribution in [1.29, 1.82) is 0 Å². The Morgan fingerprint density at radius 1 is 0.750 bits per heavy atom. The van der Waals surface area contributed by atoms with Crippen LogP contribution in [0.15, 0.2) is 139 Å². The molecule has 10 rings (SSSR count). The number of aromatic nitrogens is 1. The molecule has 4 nitrogen and oxygen atoms in total. The minimum absolute atomic E-state index is 0.396. The molecule has 0 saturated carbocycles. The van der Waals surface area contributed by atoms with E-state index in [1.54, 1.807) is 0 Å². The zero-order valence-corrected chi connectivity index (χ0v) is 29.6. The van der Waals surface area contributed by atoms with Crippen LogP contribution in [-0.4, -0.2) is 11.1 Å². The lowest BCUT2D eigenvalue weighted by Crippen LogP contribution is -2.39. The Balaban J connectivity index is 1.17. The van der Waals surface area contributed by atoms with Crippen LogP contribution in [0.2, 0.25) is 0 Å². The molecule has 0 fully saturated rings. The van der Waals surface area contributed by atoms with Crippen molar-refractivity contribution in [3.63, 3.8) is 0 Å². The first-order valence-corrected chi connectivity index (χ1v) is 18.8. The van der Waals surface area contributed by atoms with Gasteiger partial charge in [0.1, 0.15) is 23.0 Å². The Morgan fingerprint density at radius 3 is 2.44 bits per heavy atom. The lowest BCUT2D eigenvalue weighted by atomic mass is 9.61. The summed E-state index contributed by atoms with van der Waals surface area (Å²) in [6.45, 7) is 2.86. The smallest absolute Gasteiger partial charge is 0.134 e. The molecule has 52 heavy (non-hydrogen) atoms. The van der Waals surface area contributed by atoms with Crippen LogP contribution in [0.5, 0.6) is 17.2 Å². The predicted octanol–water partition coefficient (Wildman–Crippen LogP) is 10.9. The van der Waals surface area contributed by atoms with E-state index >= 15 is 0 Å². The zero-order valence-electron chi connectivity index (χ0n) is 29.6. The predicted molar refractivity (Wildman–Crippen MR) is 211 cm³/mol. The summed E-state index contributed by atoms with van der Waals surface area (Å²) in [5.41, 5.74) is 20.4. The molecule has 3 heterocycles. The van der Waals surface area contributed by atoms with Crippen molar-refractivity contribution in [2.24, 2.45) is 5.73 Å². The summed E-state index contributed by atoms with van der Waals surface area (Å²) < 4.78 is 16.3. The van der Waals surface area contributed by atoms with Gasteiger partial charge in [-0.05, 0) is 91.2 Å². The maximum Gasteiger partial charge on any atom is 0.134 e. The first-order valence-electron chi connectivity index (χ1n) is 18.8. The van der Waals surface area contributed by atoms with E-state index in [-0.39, 0.29) is 0 Å². The fraction of sp³-hybridized carbons (Fsp3) is 0.208. The molecule has 4 heteroatoms. The number of para-hydroxylation sites is 1. The lowest BCUT2D eigenvalue weighted by molar-refractivity contribution is 0.351. The standard InChI is InChI=1S/C48H42N2O2/c1-31-37-16-5-8-19-43(37)50(42(31)26-27-49)36-23-25-41-47(30-36)52-45-21-10-7-18-39(45)48(41)38-17-6-9-20-44(38)51-46-29-35(22-24-40(46)48)34-15-11-14-33(28-34)32-12-3-2-4-13-32/h2-4,6-8,10-12,14-15,17-19,21-25,28-30,32H,5,9,13,16,20,26-27,49H2,1H3. The molecule has 1 aromatic heterocycles. The second kappa shape index (κ2) is 12.3. The Kier molecular flexibility index (Phi) is 7.36. The molecule has 2 N–H and O–H groups in total. The summed E-state index contributed by atoms with van der Waals surface area (Å²) in [6, 6.07) is 31.3. The van der Waals surface area contributed by atoms with Crippen LogP contribution in [-0.2, 0) is 18.3 Å². The van der Waals surface area contributed by atoms with Crippen LogP contribution in [0.25, 0.3) is 22.9 Å². The summed E-state index contributed by atoms with van der Waals surface area (Å²) in [7, 11) is 0. The first-order chi connectivity index (χ1) is 25.6. The number of nitrogens with two attached hydrogens (primary N) is 1. The number of allylic oxidation sites excluding steroid dienone is 9. The lowest BCUT2D eigenvalue weighted by Gasteiger charge is -2.46. The van der Waals surface area contributed by atoms with E-state index in [9.17, 15) is 0 Å². The molecule has 2 aliphatic heterocycles. The number of hydrogen-bond acceptors (Lipinski definition) is 3. The minimum Gasteiger partial charge on any atom is -0.461 e. The Bertz CT molecular complexity index is 2430. The second-order valence-corrected chi connectivity index (χ2v) is 14.7. The Labute approximate surface area is 305 Å². The van der Waals surface area contributed by atoms with Gasteiger partial charge in [-0.3, -0.25) is 0 Å². The summed E-state index contributed by atoms with van der Waals surface area (Å²) >= 11 is 0. The second-order valence-electron chi connectivity index (χ2n) is 14.7. The average molecular weight is 679 g/mol. The van der Waals surface area contributed by atoms with E-state index in [1.165, 1.54) is 39.2 Å². The van der Waals surface area contributed by atoms with Gasteiger partial charge >= 0.3 is 0 Å². The summed E-state index contributed by atoms with van der Waals surface area (Å²) in [6.07, 6.45) is 23.8. The van der Waals surface area contributed by atoms with Gasteiger partial charge in [0.2, 0.25) is 0 Å². The van der Waals surface area contributed by atoms with Crippen LogP contribution in [0, 0.1) is 6.92 Å². The van der Waals surface area contributed by atoms with E-state index in [0.717, 1.165) is 89.5 Å². The van der Waals surface area contributed by atoms with Gasteiger partial charge < -0.3 is 19.8 Å². The van der Waals surface area contributed by atoms with Crippen LogP contribution in [0.3, 0.4) is 0 Å². The van der Waals surface area contributed by atoms with Crippen molar-refractivity contribution in [3.8, 4) is 34.1 Å². The molecule has 0 radical (unpaired) electrons. The SMILES string of the molecule is Cc1c2c(n(-c3ccc4c(c3)Oc3ccccc3C43C4=C(CCC=C4)Oc4cc(-c5cccc(C6C=CC=CC6)c5)ccc43)c1CCN)C=CCC2. The molecule has 0 amide bonds. The highest BCUT2D eigenvalue weighted by Gasteiger charge is 2.51. The van der Waals surface area contributed by atoms with Gasteiger partial charge in [0.15, 0.2) is 0 Å². The normalized spacial score (nSPS) is 20.5. The average Bonchev–Trinajstić information content (AvgIpc) is 3.48. The number of fused-ring (bicyclic) bond motifs is 8. The molecule has 3 aliphatic carbocycles. The van der Waals surface area contributed by atoms with E-state index in [1.807, 2.05) is 0 Å². The van der Waals surface area contributed by atoms with Crippen molar-refractivity contribution in [1.82, 2.24) is 4.57 Å². The van der Waals surface area contributed by atoms with Crippen molar-refractivity contribution in [2.75, 3.05) is 6.54 Å². The third-order valence-electron chi connectivity index (χ3n) is 11.8. The van der Waals surface area contributed by atoms with Gasteiger partial charge in [-0.25, -0.2) is 0 Å². The van der Waals surface area contributed by atoms with E-state index < -0.39 is 5.41 Å². The fourth-order valence-corrected chi connectivity index (χ4v) is 9.45. The fourth-order valence-electron chi connectivity index (χ4n) is 9.45. The molecular formula is C48H42N2O2. The largest absolute Gasteiger partial charge is 0.461 e. The van der Waals surface area contributed by atoms with Crippen LogP contribution in [0.4, 0.5) is 0 Å². The first kappa shape index (κ1) is 31.2. The van der Waals surface area contributed by atoms with Crippen LogP contribution >= 0.6 is 0 Å². The molecule has 5 aliphatic rings.